The summed E-state index contributed by atoms with van der Waals surface area (Å²) in [4.78, 5) is 14.1. The smallest absolute Gasteiger partial charge is 0.246 e. The van der Waals surface area contributed by atoms with Gasteiger partial charge >= 0.3 is 0 Å². The first-order valence-electron chi connectivity index (χ1n) is 9.13. The zero-order valence-corrected chi connectivity index (χ0v) is 16.0. The Hall–Kier alpha value is -1.93. The minimum atomic E-state index is -0.0921. The van der Waals surface area contributed by atoms with Gasteiger partial charge < -0.3 is 14.8 Å². The van der Waals surface area contributed by atoms with E-state index < -0.39 is 0 Å². The van der Waals surface area contributed by atoms with Crippen LogP contribution in [0, 0.1) is 0 Å². The topological polar surface area (TPSA) is 68.6 Å². The predicted octanol–water partition coefficient (Wildman–Crippen LogP) is 1.67. The number of aromatic nitrogens is 2. The normalized spacial score (nSPS) is 15.0. The lowest BCUT2D eigenvalue weighted by molar-refractivity contribution is -0.125. The van der Waals surface area contributed by atoms with Crippen LogP contribution in [-0.4, -0.2) is 73.2 Å². The zero-order chi connectivity index (χ0) is 18.9. The molecule has 1 fully saturated rings. The summed E-state index contributed by atoms with van der Waals surface area (Å²) in [5.41, 5.74) is 2.08. The van der Waals surface area contributed by atoms with E-state index >= 15 is 0 Å². The van der Waals surface area contributed by atoms with Gasteiger partial charge in [0.25, 0.3) is 0 Å². The van der Waals surface area contributed by atoms with Crippen LogP contribution >= 0.6 is 11.6 Å². The fourth-order valence-electron chi connectivity index (χ4n) is 2.83. The number of nitrogens with one attached hydrogen (secondary N) is 1. The second-order valence-corrected chi connectivity index (χ2v) is 6.79. The van der Waals surface area contributed by atoms with Gasteiger partial charge in [-0.3, -0.25) is 14.4 Å². The van der Waals surface area contributed by atoms with Gasteiger partial charge in [-0.1, -0.05) is 23.7 Å². The standard InChI is InChI=1S/C19H25ClN4O3/c20-18-3-1-16(2-4-18)17-13-22-24(14-17)9-12-27-15-19(25)21-5-6-23-7-10-26-11-8-23/h1-4,13-14H,5-12,15H2,(H,21,25). The van der Waals surface area contributed by atoms with Crippen molar-refractivity contribution in [2.45, 2.75) is 6.54 Å². The molecule has 27 heavy (non-hydrogen) atoms. The van der Waals surface area contributed by atoms with Gasteiger partial charge in [-0.2, -0.15) is 5.10 Å². The predicted molar refractivity (Wildman–Crippen MR) is 104 cm³/mol. The largest absolute Gasteiger partial charge is 0.379 e. The number of morpholine rings is 1. The number of ether oxygens (including phenoxy) is 2. The van der Waals surface area contributed by atoms with Gasteiger partial charge in [0.2, 0.25) is 5.91 Å². The number of carbonyl (C=O) groups is 1. The van der Waals surface area contributed by atoms with Crippen LogP contribution in [0.2, 0.25) is 5.02 Å². The number of benzene rings is 1. The Morgan fingerprint density at radius 2 is 1.96 bits per heavy atom. The molecule has 3 rings (SSSR count). The molecule has 2 heterocycles. The van der Waals surface area contributed by atoms with E-state index in [4.69, 9.17) is 21.1 Å². The zero-order valence-electron chi connectivity index (χ0n) is 15.3. The van der Waals surface area contributed by atoms with E-state index in [0.29, 0.717) is 24.7 Å². The van der Waals surface area contributed by atoms with Crippen LogP contribution in [0.4, 0.5) is 0 Å². The summed E-state index contributed by atoms with van der Waals surface area (Å²) in [5.74, 6) is -0.0921. The van der Waals surface area contributed by atoms with Crippen LogP contribution in [0.3, 0.4) is 0 Å². The van der Waals surface area contributed by atoms with Gasteiger partial charge in [0.1, 0.15) is 6.61 Å². The summed E-state index contributed by atoms with van der Waals surface area (Å²) in [5, 5.41) is 7.91. The summed E-state index contributed by atoms with van der Waals surface area (Å²) < 4.78 is 12.6. The number of amides is 1. The van der Waals surface area contributed by atoms with E-state index in [0.717, 1.165) is 44.0 Å². The molecule has 0 bridgehead atoms. The molecule has 1 saturated heterocycles. The van der Waals surface area contributed by atoms with Crippen molar-refractivity contribution in [3.63, 3.8) is 0 Å². The first-order valence-corrected chi connectivity index (χ1v) is 9.51. The Morgan fingerprint density at radius 1 is 1.19 bits per heavy atom. The molecule has 1 aromatic heterocycles. The molecule has 146 valence electrons. The monoisotopic (exact) mass is 392 g/mol. The number of nitrogens with zero attached hydrogens (tertiary/aromatic N) is 3. The quantitative estimate of drug-likeness (QED) is 0.657. The molecular formula is C19H25ClN4O3. The van der Waals surface area contributed by atoms with E-state index in [1.54, 1.807) is 4.68 Å². The van der Waals surface area contributed by atoms with Crippen LogP contribution in [-0.2, 0) is 20.8 Å². The van der Waals surface area contributed by atoms with Gasteiger partial charge in [-0.15, -0.1) is 0 Å². The molecule has 1 aromatic carbocycles. The van der Waals surface area contributed by atoms with Crippen LogP contribution in [0.25, 0.3) is 11.1 Å². The lowest BCUT2D eigenvalue weighted by Gasteiger charge is -2.26. The maximum atomic E-state index is 11.8. The third-order valence-electron chi connectivity index (χ3n) is 4.36. The van der Waals surface area contributed by atoms with Crippen molar-refractivity contribution >= 4 is 17.5 Å². The van der Waals surface area contributed by atoms with Crippen LogP contribution in [0.5, 0.6) is 0 Å². The van der Waals surface area contributed by atoms with Crippen molar-refractivity contribution in [1.82, 2.24) is 20.0 Å². The fourth-order valence-corrected chi connectivity index (χ4v) is 2.96. The van der Waals surface area contributed by atoms with Crippen LogP contribution < -0.4 is 5.32 Å². The van der Waals surface area contributed by atoms with Gasteiger partial charge in [0.15, 0.2) is 0 Å². The molecule has 0 radical (unpaired) electrons. The van der Waals surface area contributed by atoms with E-state index in [1.807, 2.05) is 36.7 Å². The second-order valence-electron chi connectivity index (χ2n) is 6.36. The molecule has 2 aromatic rings. The SMILES string of the molecule is O=C(COCCn1cc(-c2ccc(Cl)cc2)cn1)NCCN1CCOCC1. The molecule has 0 atom stereocenters. The molecule has 1 aliphatic heterocycles. The molecule has 8 heteroatoms. The molecule has 0 spiro atoms. The first kappa shape index (κ1) is 19.8. The lowest BCUT2D eigenvalue weighted by atomic mass is 10.1. The molecule has 0 aliphatic carbocycles. The van der Waals surface area contributed by atoms with Crippen molar-refractivity contribution in [1.29, 1.82) is 0 Å². The average Bonchev–Trinajstić information content (AvgIpc) is 3.16. The summed E-state index contributed by atoms with van der Waals surface area (Å²) in [6.07, 6.45) is 3.76. The van der Waals surface area contributed by atoms with E-state index in [1.165, 1.54) is 0 Å². The molecule has 1 aliphatic rings. The Labute approximate surface area is 164 Å². The third-order valence-corrected chi connectivity index (χ3v) is 4.61. The second kappa shape index (κ2) is 10.4. The van der Waals surface area contributed by atoms with Crippen molar-refractivity contribution < 1.29 is 14.3 Å². The highest BCUT2D eigenvalue weighted by atomic mass is 35.5. The summed E-state index contributed by atoms with van der Waals surface area (Å²) in [7, 11) is 0. The number of rotatable bonds is 9. The minimum Gasteiger partial charge on any atom is -0.379 e. The van der Waals surface area contributed by atoms with E-state index in [2.05, 4.69) is 15.3 Å². The van der Waals surface area contributed by atoms with Crippen molar-refractivity contribution in [2.24, 2.45) is 0 Å². The van der Waals surface area contributed by atoms with Crippen molar-refractivity contribution in [3.05, 3.63) is 41.7 Å². The number of halogens is 1. The highest BCUT2D eigenvalue weighted by Crippen LogP contribution is 2.20. The number of hydrogen-bond donors (Lipinski definition) is 1. The molecule has 0 saturated carbocycles. The van der Waals surface area contributed by atoms with Crippen molar-refractivity contribution in [3.8, 4) is 11.1 Å². The summed E-state index contributed by atoms with van der Waals surface area (Å²) >= 11 is 5.91. The fraction of sp³-hybridized carbons (Fsp3) is 0.474. The molecule has 1 amide bonds. The summed E-state index contributed by atoms with van der Waals surface area (Å²) in [6, 6.07) is 7.63. The highest BCUT2D eigenvalue weighted by molar-refractivity contribution is 6.30. The Balaban J connectivity index is 1.29. The third kappa shape index (κ3) is 6.62. The van der Waals surface area contributed by atoms with E-state index in [9.17, 15) is 4.79 Å². The average molecular weight is 393 g/mol. The Bertz CT molecular complexity index is 714. The highest BCUT2D eigenvalue weighted by Gasteiger charge is 2.10. The Morgan fingerprint density at radius 3 is 2.74 bits per heavy atom. The number of hydrogen-bond acceptors (Lipinski definition) is 5. The molecule has 0 unspecified atom stereocenters. The molecule has 1 N–H and O–H groups in total. The lowest BCUT2D eigenvalue weighted by Crippen LogP contribution is -2.42. The maximum Gasteiger partial charge on any atom is 0.246 e. The number of carbonyl (C=O) groups excluding carboxylic acids is 1. The molecule has 7 nitrogen and oxygen atoms in total. The van der Waals surface area contributed by atoms with Crippen LogP contribution in [0.1, 0.15) is 0 Å². The molecular weight excluding hydrogens is 368 g/mol. The van der Waals surface area contributed by atoms with Crippen LogP contribution in [0.15, 0.2) is 36.7 Å². The first-order chi connectivity index (χ1) is 13.2. The van der Waals surface area contributed by atoms with Crippen molar-refractivity contribution in [2.75, 3.05) is 52.6 Å². The Kier molecular flexibility index (Phi) is 7.65. The van der Waals surface area contributed by atoms with Gasteiger partial charge in [0, 0.05) is 43.0 Å². The van der Waals surface area contributed by atoms with Gasteiger partial charge in [-0.25, -0.2) is 0 Å². The summed E-state index contributed by atoms with van der Waals surface area (Å²) in [6.45, 7) is 5.94. The van der Waals surface area contributed by atoms with Gasteiger partial charge in [-0.05, 0) is 17.7 Å². The minimum absolute atomic E-state index is 0.0639. The van der Waals surface area contributed by atoms with Gasteiger partial charge in [0.05, 0.1) is 32.6 Å². The maximum absolute atomic E-state index is 11.8. The van der Waals surface area contributed by atoms with E-state index in [-0.39, 0.29) is 12.5 Å².